The summed E-state index contributed by atoms with van der Waals surface area (Å²) in [5.41, 5.74) is 7.40. The van der Waals surface area contributed by atoms with Crippen molar-refractivity contribution in [1.29, 1.82) is 0 Å². The molecule has 1 saturated heterocycles. The molecule has 0 radical (unpaired) electrons. The number of ether oxygens (including phenoxy) is 1. The first kappa shape index (κ1) is 21.5. The molecule has 0 amide bonds. The van der Waals surface area contributed by atoms with Crippen molar-refractivity contribution in [3.63, 3.8) is 0 Å². The van der Waals surface area contributed by atoms with Crippen molar-refractivity contribution in [2.24, 2.45) is 0 Å². The number of rotatable bonds is 5. The lowest BCUT2D eigenvalue weighted by molar-refractivity contribution is -0.154. The number of carboxylic acid groups (broad SMARTS) is 1. The summed E-state index contributed by atoms with van der Waals surface area (Å²) in [5, 5.41) is 14.7. The van der Waals surface area contributed by atoms with Gasteiger partial charge >= 0.3 is 5.97 Å². The molecule has 0 aromatic carbocycles. The van der Waals surface area contributed by atoms with Gasteiger partial charge in [-0.3, -0.25) is 0 Å². The quantitative estimate of drug-likeness (QED) is 0.574. The third kappa shape index (κ3) is 3.73. The smallest absolute Gasteiger partial charge is 0.335 e. The molecule has 4 heterocycles. The number of nitrogen functional groups attached to an aromatic ring is 1. The van der Waals surface area contributed by atoms with Gasteiger partial charge in [0.15, 0.2) is 14.4 Å². The molecule has 31 heavy (non-hydrogen) atoms. The first-order valence-corrected chi connectivity index (χ1v) is 13.1. The standard InChI is InChI=1S/C20H28N6O4Si/c1-20(2,3)31(4,5)30-13-9-14(29-16(13)19(27)28)25-10-12(26-8-6-7-24-26)15-17(21)22-11-23-18(15)25/h6-8,10-11,13-14,16H,9H2,1-5H3,(H,27,28)(H2,21,22,23)/t13-,14+,16-/m0/s1. The minimum Gasteiger partial charge on any atom is -0.479 e. The topological polar surface area (TPSA) is 130 Å². The zero-order valence-electron chi connectivity index (χ0n) is 18.3. The maximum Gasteiger partial charge on any atom is 0.335 e. The molecule has 11 heteroatoms. The van der Waals surface area contributed by atoms with E-state index in [0.29, 0.717) is 29.0 Å². The van der Waals surface area contributed by atoms with Gasteiger partial charge in [-0.2, -0.15) is 5.10 Å². The molecule has 166 valence electrons. The lowest BCUT2D eigenvalue weighted by Gasteiger charge is -2.38. The molecule has 0 aliphatic carbocycles. The van der Waals surface area contributed by atoms with Gasteiger partial charge in [0, 0.05) is 25.0 Å². The average Bonchev–Trinajstić information content (AvgIpc) is 3.38. The molecule has 0 spiro atoms. The van der Waals surface area contributed by atoms with E-state index in [1.807, 2.05) is 6.20 Å². The highest BCUT2D eigenvalue weighted by atomic mass is 28.4. The molecule has 3 aromatic heterocycles. The molecule has 0 unspecified atom stereocenters. The molecule has 1 aliphatic rings. The van der Waals surface area contributed by atoms with Crippen molar-refractivity contribution in [3.05, 3.63) is 31.0 Å². The van der Waals surface area contributed by atoms with Gasteiger partial charge in [0.1, 0.15) is 24.0 Å². The first-order valence-electron chi connectivity index (χ1n) is 10.2. The Bertz CT molecular complexity index is 1110. The number of hydrogen-bond acceptors (Lipinski definition) is 7. The van der Waals surface area contributed by atoms with E-state index >= 15 is 0 Å². The summed E-state index contributed by atoms with van der Waals surface area (Å²) in [6, 6.07) is 1.80. The number of hydrogen-bond donors (Lipinski definition) is 2. The average molecular weight is 445 g/mol. The Morgan fingerprint density at radius 1 is 1.35 bits per heavy atom. The molecule has 3 atom stereocenters. The number of fused-ring (bicyclic) bond motifs is 1. The number of carbonyl (C=O) groups is 1. The van der Waals surface area contributed by atoms with Crippen LogP contribution in [0.15, 0.2) is 31.0 Å². The van der Waals surface area contributed by atoms with Crippen LogP contribution in [0.5, 0.6) is 0 Å². The second kappa shape index (κ2) is 7.43. The van der Waals surface area contributed by atoms with E-state index in [0.717, 1.165) is 0 Å². The normalized spacial score (nSPS) is 22.3. The van der Waals surface area contributed by atoms with Crippen molar-refractivity contribution < 1.29 is 19.1 Å². The van der Waals surface area contributed by atoms with Gasteiger partial charge < -0.3 is 24.6 Å². The van der Waals surface area contributed by atoms with Gasteiger partial charge in [0.25, 0.3) is 0 Å². The summed E-state index contributed by atoms with van der Waals surface area (Å²) in [4.78, 5) is 20.5. The number of carboxylic acids is 1. The summed E-state index contributed by atoms with van der Waals surface area (Å²) in [7, 11) is -2.20. The van der Waals surface area contributed by atoms with Crippen LogP contribution >= 0.6 is 0 Å². The van der Waals surface area contributed by atoms with Crippen LogP contribution in [-0.2, 0) is 14.0 Å². The third-order valence-electron chi connectivity index (χ3n) is 6.25. The first-order chi connectivity index (χ1) is 14.5. The molecule has 0 saturated carbocycles. The van der Waals surface area contributed by atoms with Gasteiger partial charge in [-0.15, -0.1) is 0 Å². The summed E-state index contributed by atoms with van der Waals surface area (Å²) >= 11 is 0. The molecule has 1 fully saturated rings. The third-order valence-corrected chi connectivity index (χ3v) is 10.8. The van der Waals surface area contributed by atoms with E-state index < -0.39 is 32.7 Å². The SMILES string of the molecule is CC(C)(C)[Si](C)(C)O[C@H]1C[C@H](n2cc(-n3cccn3)c3c(N)ncnc32)O[C@@H]1C(=O)O. The molecule has 3 aromatic rings. The van der Waals surface area contributed by atoms with Gasteiger partial charge in [0.05, 0.1) is 17.2 Å². The van der Waals surface area contributed by atoms with Gasteiger partial charge in [0.2, 0.25) is 0 Å². The van der Waals surface area contributed by atoms with Crippen molar-refractivity contribution in [2.75, 3.05) is 5.73 Å². The summed E-state index contributed by atoms with van der Waals surface area (Å²) in [5.74, 6) is -0.722. The molecule has 4 rings (SSSR count). The van der Waals surface area contributed by atoms with Crippen molar-refractivity contribution in [1.82, 2.24) is 24.3 Å². The Balaban J connectivity index is 1.74. The van der Waals surface area contributed by atoms with E-state index in [2.05, 4.69) is 48.9 Å². The maximum atomic E-state index is 12.0. The van der Waals surface area contributed by atoms with Crippen LogP contribution in [-0.4, -0.2) is 55.9 Å². The van der Waals surface area contributed by atoms with Crippen molar-refractivity contribution in [3.8, 4) is 5.69 Å². The van der Waals surface area contributed by atoms with Gasteiger partial charge in [-0.25, -0.2) is 19.4 Å². The van der Waals surface area contributed by atoms with Crippen molar-refractivity contribution in [2.45, 2.75) is 63.8 Å². The van der Waals surface area contributed by atoms with Gasteiger partial charge in [-0.05, 0) is 24.2 Å². The van der Waals surface area contributed by atoms with Crippen LogP contribution < -0.4 is 5.73 Å². The Hall–Kier alpha value is -2.76. The molecule has 10 nitrogen and oxygen atoms in total. The summed E-state index contributed by atoms with van der Waals surface area (Å²) < 4.78 is 15.9. The zero-order valence-corrected chi connectivity index (χ0v) is 19.3. The van der Waals surface area contributed by atoms with E-state index in [1.165, 1.54) is 6.33 Å². The van der Waals surface area contributed by atoms with E-state index in [9.17, 15) is 9.90 Å². The highest BCUT2D eigenvalue weighted by Crippen LogP contribution is 2.42. The highest BCUT2D eigenvalue weighted by Gasteiger charge is 2.48. The molecule has 1 aliphatic heterocycles. The number of nitrogens with two attached hydrogens (primary N) is 1. The Morgan fingerprint density at radius 3 is 2.71 bits per heavy atom. The monoisotopic (exact) mass is 444 g/mol. The van der Waals surface area contributed by atoms with Crippen LogP contribution in [0.4, 0.5) is 5.82 Å². The molecular weight excluding hydrogens is 416 g/mol. The largest absolute Gasteiger partial charge is 0.479 e. The molecule has 3 N–H and O–H groups in total. The predicted molar refractivity (Wildman–Crippen MR) is 117 cm³/mol. The fourth-order valence-electron chi connectivity index (χ4n) is 3.59. The number of nitrogens with zero attached hydrogens (tertiary/aromatic N) is 5. The minimum atomic E-state index is -2.20. The minimum absolute atomic E-state index is 0.0524. The van der Waals surface area contributed by atoms with E-state index in [1.54, 1.807) is 27.7 Å². The molecule has 0 bridgehead atoms. The second-order valence-corrected chi connectivity index (χ2v) is 14.1. The van der Waals surface area contributed by atoms with Crippen LogP contribution in [0.2, 0.25) is 18.1 Å². The van der Waals surface area contributed by atoms with Gasteiger partial charge in [-0.1, -0.05) is 20.8 Å². The Labute approximate surface area is 181 Å². The number of anilines is 1. The number of aliphatic carboxylic acids is 1. The predicted octanol–water partition coefficient (Wildman–Crippen LogP) is 2.96. The van der Waals surface area contributed by atoms with Crippen LogP contribution in [0.25, 0.3) is 16.7 Å². The summed E-state index contributed by atoms with van der Waals surface area (Å²) in [6.07, 6.45) is 4.85. The Kier molecular flexibility index (Phi) is 5.14. The lowest BCUT2D eigenvalue weighted by atomic mass is 10.2. The number of aromatic nitrogens is 5. The maximum absolute atomic E-state index is 12.0. The van der Waals surface area contributed by atoms with Crippen LogP contribution in [0, 0.1) is 0 Å². The van der Waals surface area contributed by atoms with Crippen LogP contribution in [0.3, 0.4) is 0 Å². The van der Waals surface area contributed by atoms with Crippen LogP contribution in [0.1, 0.15) is 33.4 Å². The fourth-order valence-corrected chi connectivity index (χ4v) is 4.92. The Morgan fingerprint density at radius 2 is 2.10 bits per heavy atom. The van der Waals surface area contributed by atoms with Crippen molar-refractivity contribution >= 4 is 31.1 Å². The second-order valence-electron chi connectivity index (χ2n) is 9.33. The van der Waals surface area contributed by atoms with E-state index in [4.69, 9.17) is 14.9 Å². The zero-order chi connectivity index (χ0) is 22.6. The highest BCUT2D eigenvalue weighted by molar-refractivity contribution is 6.74. The van der Waals surface area contributed by atoms with E-state index in [-0.39, 0.29) is 5.04 Å². The summed E-state index contributed by atoms with van der Waals surface area (Å²) in [6.45, 7) is 10.6. The fraction of sp³-hybridized carbons (Fsp3) is 0.500. The molecular formula is C20H28N6O4Si. The lowest BCUT2D eigenvalue weighted by Crippen LogP contribution is -2.47.